The highest BCUT2D eigenvalue weighted by molar-refractivity contribution is 6.02. The van der Waals surface area contributed by atoms with Crippen LogP contribution in [-0.2, 0) is 0 Å². The van der Waals surface area contributed by atoms with Gasteiger partial charge in [-0.1, -0.05) is 31.5 Å². The summed E-state index contributed by atoms with van der Waals surface area (Å²) < 4.78 is 5.87. The number of furan rings is 1. The third-order valence-corrected chi connectivity index (χ3v) is 4.42. The lowest BCUT2D eigenvalue weighted by Gasteiger charge is -2.24. The number of benzene rings is 1. The second kappa shape index (κ2) is 5.06. The van der Waals surface area contributed by atoms with Crippen molar-refractivity contribution in [1.29, 1.82) is 0 Å². The molecule has 0 spiro atoms. The molecular weight excluding hydrogens is 250 g/mol. The fourth-order valence-corrected chi connectivity index (χ4v) is 3.33. The molecule has 1 aromatic heterocycles. The van der Waals surface area contributed by atoms with E-state index in [2.05, 4.69) is 12.2 Å². The van der Waals surface area contributed by atoms with Crippen LogP contribution in [0.15, 0.2) is 28.7 Å². The number of carbonyl (C=O) groups is 1. The SMILES string of the molecule is CCCC1(C(=O)c2cc3cccc(C)c3o2)CCNC1. The summed E-state index contributed by atoms with van der Waals surface area (Å²) in [6, 6.07) is 7.92. The number of hydrogen-bond donors (Lipinski definition) is 1. The molecule has 2 heterocycles. The van der Waals surface area contributed by atoms with E-state index in [1.165, 1.54) is 0 Å². The normalized spacial score (nSPS) is 22.5. The highest BCUT2D eigenvalue weighted by Crippen LogP contribution is 2.36. The van der Waals surface area contributed by atoms with Crippen molar-refractivity contribution in [2.45, 2.75) is 33.1 Å². The number of rotatable bonds is 4. The van der Waals surface area contributed by atoms with Crippen LogP contribution in [0.3, 0.4) is 0 Å². The number of para-hydroxylation sites is 1. The van der Waals surface area contributed by atoms with E-state index >= 15 is 0 Å². The van der Waals surface area contributed by atoms with E-state index in [-0.39, 0.29) is 11.2 Å². The minimum Gasteiger partial charge on any atom is -0.453 e. The van der Waals surface area contributed by atoms with Gasteiger partial charge < -0.3 is 9.73 Å². The van der Waals surface area contributed by atoms with Crippen LogP contribution >= 0.6 is 0 Å². The van der Waals surface area contributed by atoms with Gasteiger partial charge in [-0.15, -0.1) is 0 Å². The first-order valence-corrected chi connectivity index (χ1v) is 7.41. The molecule has 0 amide bonds. The zero-order valence-corrected chi connectivity index (χ0v) is 12.2. The maximum absolute atomic E-state index is 12.9. The van der Waals surface area contributed by atoms with Crippen LogP contribution in [0.2, 0.25) is 0 Å². The third kappa shape index (κ3) is 2.06. The van der Waals surface area contributed by atoms with E-state index in [9.17, 15) is 4.79 Å². The number of carbonyl (C=O) groups excluding carboxylic acids is 1. The smallest absolute Gasteiger partial charge is 0.205 e. The van der Waals surface area contributed by atoms with E-state index in [0.29, 0.717) is 5.76 Å². The van der Waals surface area contributed by atoms with Crippen molar-refractivity contribution < 1.29 is 9.21 Å². The van der Waals surface area contributed by atoms with E-state index in [1.807, 2.05) is 31.2 Å². The first-order valence-electron chi connectivity index (χ1n) is 7.41. The number of ketones is 1. The van der Waals surface area contributed by atoms with Crippen LogP contribution in [0.1, 0.15) is 42.3 Å². The predicted molar refractivity (Wildman–Crippen MR) is 80.1 cm³/mol. The number of nitrogens with one attached hydrogen (secondary N) is 1. The molecule has 0 bridgehead atoms. The van der Waals surface area contributed by atoms with Crippen molar-refractivity contribution in [3.05, 3.63) is 35.6 Å². The van der Waals surface area contributed by atoms with Gasteiger partial charge in [0.1, 0.15) is 5.58 Å². The number of Topliss-reactive ketones (excluding diaryl/α,β-unsaturated/α-hetero) is 1. The van der Waals surface area contributed by atoms with Crippen LogP contribution < -0.4 is 5.32 Å². The Labute approximate surface area is 119 Å². The van der Waals surface area contributed by atoms with Crippen LogP contribution in [0.25, 0.3) is 11.0 Å². The van der Waals surface area contributed by atoms with Crippen LogP contribution in [0.4, 0.5) is 0 Å². The Morgan fingerprint density at radius 2 is 2.30 bits per heavy atom. The quantitative estimate of drug-likeness (QED) is 0.862. The van der Waals surface area contributed by atoms with Gasteiger partial charge in [-0.3, -0.25) is 4.79 Å². The monoisotopic (exact) mass is 271 g/mol. The average Bonchev–Trinajstić information content (AvgIpc) is 3.06. The van der Waals surface area contributed by atoms with Gasteiger partial charge in [-0.2, -0.15) is 0 Å². The summed E-state index contributed by atoms with van der Waals surface area (Å²) >= 11 is 0. The summed E-state index contributed by atoms with van der Waals surface area (Å²) in [5.74, 6) is 0.686. The highest BCUT2D eigenvalue weighted by atomic mass is 16.3. The van der Waals surface area contributed by atoms with Crippen LogP contribution in [-0.4, -0.2) is 18.9 Å². The minimum absolute atomic E-state index is 0.167. The second-order valence-corrected chi connectivity index (χ2v) is 5.89. The summed E-state index contributed by atoms with van der Waals surface area (Å²) in [6.07, 6.45) is 2.86. The summed E-state index contributed by atoms with van der Waals surface area (Å²) in [4.78, 5) is 12.9. The Bertz CT molecular complexity index is 635. The number of hydrogen-bond acceptors (Lipinski definition) is 3. The van der Waals surface area contributed by atoms with Crippen molar-refractivity contribution in [2.24, 2.45) is 5.41 Å². The van der Waals surface area contributed by atoms with Crippen LogP contribution in [0.5, 0.6) is 0 Å². The molecule has 20 heavy (non-hydrogen) atoms. The Morgan fingerprint density at radius 3 is 2.95 bits per heavy atom. The van der Waals surface area contributed by atoms with Crippen molar-refractivity contribution in [3.63, 3.8) is 0 Å². The van der Waals surface area contributed by atoms with E-state index in [4.69, 9.17) is 4.42 Å². The van der Waals surface area contributed by atoms with Gasteiger partial charge in [0.2, 0.25) is 5.78 Å². The molecule has 3 rings (SSSR count). The molecule has 1 saturated heterocycles. The van der Waals surface area contributed by atoms with Gasteiger partial charge >= 0.3 is 0 Å². The molecule has 1 N–H and O–H groups in total. The first kappa shape index (κ1) is 13.4. The molecular formula is C17H21NO2. The topological polar surface area (TPSA) is 42.2 Å². The molecule has 1 fully saturated rings. The molecule has 2 aromatic rings. The Kier molecular flexibility index (Phi) is 3.38. The molecule has 1 aliphatic heterocycles. The van der Waals surface area contributed by atoms with E-state index < -0.39 is 0 Å². The molecule has 3 heteroatoms. The molecule has 1 atom stereocenters. The average molecular weight is 271 g/mol. The highest BCUT2D eigenvalue weighted by Gasteiger charge is 2.42. The van der Waals surface area contributed by atoms with Gasteiger partial charge in [0, 0.05) is 11.9 Å². The zero-order valence-electron chi connectivity index (χ0n) is 12.2. The summed E-state index contributed by atoms with van der Waals surface area (Å²) in [7, 11) is 0. The van der Waals surface area contributed by atoms with Gasteiger partial charge in [0.15, 0.2) is 5.76 Å². The molecule has 0 aliphatic carbocycles. The zero-order chi connectivity index (χ0) is 14.2. The van der Waals surface area contributed by atoms with Crippen LogP contribution in [0, 0.1) is 12.3 Å². The third-order valence-electron chi connectivity index (χ3n) is 4.42. The summed E-state index contributed by atoms with van der Waals surface area (Å²) in [5, 5.41) is 4.35. The Balaban J connectivity index is 2.01. The van der Waals surface area contributed by atoms with E-state index in [0.717, 1.165) is 48.9 Å². The molecule has 106 valence electrons. The second-order valence-electron chi connectivity index (χ2n) is 5.89. The fraction of sp³-hybridized carbons (Fsp3) is 0.471. The van der Waals surface area contributed by atoms with Gasteiger partial charge in [-0.05, 0) is 37.9 Å². The Hall–Kier alpha value is -1.61. The number of aryl methyl sites for hydroxylation is 1. The molecule has 1 unspecified atom stereocenters. The summed E-state index contributed by atoms with van der Waals surface area (Å²) in [5.41, 5.74) is 1.65. The van der Waals surface area contributed by atoms with Gasteiger partial charge in [-0.25, -0.2) is 0 Å². The Morgan fingerprint density at radius 1 is 1.45 bits per heavy atom. The van der Waals surface area contributed by atoms with Gasteiger partial charge in [0.25, 0.3) is 0 Å². The molecule has 3 nitrogen and oxygen atoms in total. The molecule has 1 aliphatic rings. The van der Waals surface area contributed by atoms with E-state index in [1.54, 1.807) is 0 Å². The van der Waals surface area contributed by atoms with Crippen molar-refractivity contribution in [3.8, 4) is 0 Å². The standard InChI is InChI=1S/C17H21NO2/c1-3-7-17(8-9-18-11-17)16(19)14-10-13-6-4-5-12(2)15(13)20-14/h4-6,10,18H,3,7-9,11H2,1-2H3. The lowest BCUT2D eigenvalue weighted by Crippen LogP contribution is -2.33. The fourth-order valence-electron chi connectivity index (χ4n) is 3.33. The number of fused-ring (bicyclic) bond motifs is 1. The predicted octanol–water partition coefficient (Wildman–Crippen LogP) is 3.70. The summed E-state index contributed by atoms with van der Waals surface area (Å²) in [6.45, 7) is 5.84. The maximum Gasteiger partial charge on any atom is 0.205 e. The maximum atomic E-state index is 12.9. The van der Waals surface area contributed by atoms with Crippen molar-refractivity contribution in [1.82, 2.24) is 5.32 Å². The van der Waals surface area contributed by atoms with Crippen molar-refractivity contribution in [2.75, 3.05) is 13.1 Å². The van der Waals surface area contributed by atoms with Crippen molar-refractivity contribution >= 4 is 16.8 Å². The van der Waals surface area contributed by atoms with Gasteiger partial charge in [0.05, 0.1) is 5.41 Å². The lowest BCUT2D eigenvalue weighted by atomic mass is 9.77. The largest absolute Gasteiger partial charge is 0.453 e. The molecule has 0 radical (unpaired) electrons. The first-order chi connectivity index (χ1) is 9.66. The lowest BCUT2D eigenvalue weighted by molar-refractivity contribution is 0.0773. The molecule has 1 aromatic carbocycles. The molecule has 0 saturated carbocycles. The minimum atomic E-state index is -0.267.